The van der Waals surface area contributed by atoms with E-state index in [2.05, 4.69) is 58.7 Å². The van der Waals surface area contributed by atoms with Crippen molar-refractivity contribution in [2.75, 3.05) is 17.2 Å². The Bertz CT molecular complexity index is 553. The molecule has 0 saturated carbocycles. The van der Waals surface area contributed by atoms with E-state index in [1.165, 1.54) is 5.56 Å². The number of anilines is 3. The van der Waals surface area contributed by atoms with Crippen LogP contribution in [-0.4, -0.2) is 21.7 Å². The fraction of sp³-hybridized carbons (Fsp3) is 0.357. The molecule has 0 aliphatic rings. The molecule has 100 valence electrons. The van der Waals surface area contributed by atoms with E-state index in [1.54, 1.807) is 6.20 Å². The molecule has 1 heterocycles. The van der Waals surface area contributed by atoms with Crippen LogP contribution in [0.4, 0.5) is 17.5 Å². The van der Waals surface area contributed by atoms with Crippen LogP contribution in [0.25, 0.3) is 0 Å². The second-order valence-corrected chi connectivity index (χ2v) is 4.54. The smallest absolute Gasteiger partial charge is 0.249 e. The second-order valence-electron chi connectivity index (χ2n) is 4.54. The Morgan fingerprint density at radius 3 is 2.79 bits per heavy atom. The SMILES string of the molecule is CCCNc1cnnc(Nc2ccc(C)cc2C)n1. The molecule has 0 radical (unpaired) electrons. The van der Waals surface area contributed by atoms with Crippen molar-refractivity contribution in [3.05, 3.63) is 35.5 Å². The number of rotatable bonds is 5. The van der Waals surface area contributed by atoms with E-state index >= 15 is 0 Å². The number of benzene rings is 1. The minimum Gasteiger partial charge on any atom is -0.369 e. The summed E-state index contributed by atoms with van der Waals surface area (Å²) in [6.45, 7) is 7.12. The molecule has 1 aromatic heterocycles. The average molecular weight is 257 g/mol. The van der Waals surface area contributed by atoms with Crippen molar-refractivity contribution in [3.8, 4) is 0 Å². The standard InChI is InChI=1S/C14H19N5/c1-4-7-15-13-9-16-19-14(18-13)17-12-6-5-10(2)8-11(12)3/h5-6,8-9H,4,7H2,1-3H3,(H2,15,17,18,19). The minimum absolute atomic E-state index is 0.507. The third-order valence-corrected chi connectivity index (χ3v) is 2.74. The maximum atomic E-state index is 4.37. The number of nitrogens with one attached hydrogen (secondary N) is 2. The van der Waals surface area contributed by atoms with Crippen molar-refractivity contribution in [2.24, 2.45) is 0 Å². The monoisotopic (exact) mass is 257 g/mol. The van der Waals surface area contributed by atoms with E-state index in [1.807, 2.05) is 6.07 Å². The highest BCUT2D eigenvalue weighted by Crippen LogP contribution is 2.19. The van der Waals surface area contributed by atoms with E-state index in [4.69, 9.17) is 0 Å². The summed E-state index contributed by atoms with van der Waals surface area (Å²) in [6, 6.07) is 6.21. The van der Waals surface area contributed by atoms with Gasteiger partial charge in [0.25, 0.3) is 0 Å². The summed E-state index contributed by atoms with van der Waals surface area (Å²) in [5.74, 6) is 1.25. The third kappa shape index (κ3) is 3.64. The molecule has 0 bridgehead atoms. The van der Waals surface area contributed by atoms with Crippen LogP contribution in [0.3, 0.4) is 0 Å². The quantitative estimate of drug-likeness (QED) is 0.862. The van der Waals surface area contributed by atoms with Crippen molar-refractivity contribution in [1.82, 2.24) is 15.2 Å². The van der Waals surface area contributed by atoms with Crippen LogP contribution in [0.2, 0.25) is 0 Å². The Kier molecular flexibility index (Phi) is 4.28. The van der Waals surface area contributed by atoms with Gasteiger partial charge in [0.15, 0.2) is 5.82 Å². The lowest BCUT2D eigenvalue weighted by atomic mass is 10.1. The third-order valence-electron chi connectivity index (χ3n) is 2.74. The maximum Gasteiger partial charge on any atom is 0.249 e. The van der Waals surface area contributed by atoms with Crippen molar-refractivity contribution in [1.29, 1.82) is 0 Å². The highest BCUT2D eigenvalue weighted by molar-refractivity contribution is 5.59. The number of aromatic nitrogens is 3. The predicted octanol–water partition coefficient (Wildman–Crippen LogP) is 3.05. The Hall–Kier alpha value is -2.17. The van der Waals surface area contributed by atoms with Crippen LogP contribution in [-0.2, 0) is 0 Å². The van der Waals surface area contributed by atoms with Crippen molar-refractivity contribution in [3.63, 3.8) is 0 Å². The number of hydrogen-bond acceptors (Lipinski definition) is 5. The van der Waals surface area contributed by atoms with Crippen molar-refractivity contribution in [2.45, 2.75) is 27.2 Å². The van der Waals surface area contributed by atoms with Gasteiger partial charge >= 0.3 is 0 Å². The first-order valence-electron chi connectivity index (χ1n) is 6.47. The summed E-state index contributed by atoms with van der Waals surface area (Å²) in [4.78, 5) is 4.37. The van der Waals surface area contributed by atoms with Gasteiger partial charge in [0, 0.05) is 12.2 Å². The fourth-order valence-electron chi connectivity index (χ4n) is 1.77. The predicted molar refractivity (Wildman–Crippen MR) is 77.8 cm³/mol. The zero-order valence-corrected chi connectivity index (χ0v) is 11.6. The summed E-state index contributed by atoms with van der Waals surface area (Å²) in [5.41, 5.74) is 3.40. The molecule has 0 saturated heterocycles. The van der Waals surface area contributed by atoms with E-state index in [9.17, 15) is 0 Å². The van der Waals surface area contributed by atoms with Crippen LogP contribution in [0.5, 0.6) is 0 Å². The van der Waals surface area contributed by atoms with Crippen LogP contribution in [0.1, 0.15) is 24.5 Å². The summed E-state index contributed by atoms with van der Waals surface area (Å²) >= 11 is 0. The molecular weight excluding hydrogens is 238 g/mol. The van der Waals surface area contributed by atoms with Gasteiger partial charge in [0.2, 0.25) is 5.95 Å². The van der Waals surface area contributed by atoms with Gasteiger partial charge in [0.05, 0.1) is 6.20 Å². The maximum absolute atomic E-state index is 4.37. The Balaban J connectivity index is 2.14. The fourth-order valence-corrected chi connectivity index (χ4v) is 1.77. The Morgan fingerprint density at radius 1 is 1.21 bits per heavy atom. The molecule has 0 fully saturated rings. The van der Waals surface area contributed by atoms with Crippen molar-refractivity contribution >= 4 is 17.5 Å². The average Bonchev–Trinajstić information content (AvgIpc) is 2.40. The van der Waals surface area contributed by atoms with E-state index in [-0.39, 0.29) is 0 Å². The largest absolute Gasteiger partial charge is 0.369 e. The normalized spacial score (nSPS) is 10.3. The highest BCUT2D eigenvalue weighted by Gasteiger charge is 2.03. The van der Waals surface area contributed by atoms with E-state index in [0.717, 1.165) is 30.0 Å². The van der Waals surface area contributed by atoms with Gasteiger partial charge in [-0.1, -0.05) is 24.6 Å². The van der Waals surface area contributed by atoms with Crippen LogP contribution in [0.15, 0.2) is 24.4 Å². The molecule has 0 spiro atoms. The van der Waals surface area contributed by atoms with Crippen LogP contribution < -0.4 is 10.6 Å². The summed E-state index contributed by atoms with van der Waals surface area (Å²) in [7, 11) is 0. The first-order valence-corrected chi connectivity index (χ1v) is 6.47. The molecule has 0 unspecified atom stereocenters. The molecular formula is C14H19N5. The molecule has 0 amide bonds. The lowest BCUT2D eigenvalue weighted by Gasteiger charge is -2.09. The molecule has 5 nitrogen and oxygen atoms in total. The lowest BCUT2D eigenvalue weighted by Crippen LogP contribution is -2.06. The molecule has 0 aliphatic carbocycles. The first-order chi connectivity index (χ1) is 9.19. The molecule has 2 N–H and O–H groups in total. The van der Waals surface area contributed by atoms with Crippen LogP contribution in [0, 0.1) is 13.8 Å². The number of aryl methyl sites for hydroxylation is 2. The molecule has 1 aromatic carbocycles. The number of hydrogen-bond donors (Lipinski definition) is 2. The summed E-state index contributed by atoms with van der Waals surface area (Å²) in [5, 5.41) is 14.3. The summed E-state index contributed by atoms with van der Waals surface area (Å²) in [6.07, 6.45) is 2.67. The molecule has 5 heteroatoms. The lowest BCUT2D eigenvalue weighted by molar-refractivity contribution is 0.935. The van der Waals surface area contributed by atoms with Gasteiger partial charge in [0.1, 0.15) is 0 Å². The van der Waals surface area contributed by atoms with E-state index < -0.39 is 0 Å². The first kappa shape index (κ1) is 13.3. The summed E-state index contributed by atoms with van der Waals surface area (Å²) < 4.78 is 0. The van der Waals surface area contributed by atoms with Crippen LogP contribution >= 0.6 is 0 Å². The Morgan fingerprint density at radius 2 is 2.05 bits per heavy atom. The molecule has 2 rings (SSSR count). The zero-order chi connectivity index (χ0) is 13.7. The van der Waals surface area contributed by atoms with E-state index in [0.29, 0.717) is 5.95 Å². The van der Waals surface area contributed by atoms with Gasteiger partial charge in [-0.05, 0) is 31.9 Å². The van der Waals surface area contributed by atoms with Gasteiger partial charge in [-0.3, -0.25) is 0 Å². The Labute approximate surface area is 113 Å². The molecule has 0 atom stereocenters. The zero-order valence-electron chi connectivity index (χ0n) is 11.6. The minimum atomic E-state index is 0.507. The van der Waals surface area contributed by atoms with Crippen molar-refractivity contribution < 1.29 is 0 Å². The molecule has 2 aromatic rings. The van der Waals surface area contributed by atoms with Gasteiger partial charge in [-0.15, -0.1) is 5.10 Å². The molecule has 19 heavy (non-hydrogen) atoms. The topological polar surface area (TPSA) is 62.7 Å². The van der Waals surface area contributed by atoms with Gasteiger partial charge < -0.3 is 10.6 Å². The highest BCUT2D eigenvalue weighted by atomic mass is 15.3. The second kappa shape index (κ2) is 6.13. The van der Waals surface area contributed by atoms with Gasteiger partial charge in [-0.25, -0.2) is 0 Å². The number of nitrogens with zero attached hydrogens (tertiary/aromatic N) is 3. The van der Waals surface area contributed by atoms with Gasteiger partial charge in [-0.2, -0.15) is 10.1 Å². The molecule has 0 aliphatic heterocycles.